The normalized spacial score (nSPS) is 14.6. The third-order valence-electron chi connectivity index (χ3n) is 4.12. The van der Waals surface area contributed by atoms with E-state index in [9.17, 15) is 9.90 Å². The largest absolute Gasteiger partial charge is 0.497 e. The van der Waals surface area contributed by atoms with E-state index in [-0.39, 0.29) is 0 Å². The van der Waals surface area contributed by atoms with Crippen molar-refractivity contribution in [2.24, 2.45) is 5.73 Å². The number of hydrogen-bond donors (Lipinski definition) is 3. The van der Waals surface area contributed by atoms with Gasteiger partial charge in [-0.2, -0.15) is 0 Å². The van der Waals surface area contributed by atoms with Gasteiger partial charge < -0.3 is 20.5 Å². The first-order chi connectivity index (χ1) is 12.9. The molecule has 0 aliphatic heterocycles. The van der Waals surface area contributed by atoms with Crippen LogP contribution in [-0.4, -0.2) is 55.9 Å². The number of likely N-dealkylation sites (N-methyl/N-ethyl adjacent to an activating group) is 1. The van der Waals surface area contributed by atoms with Gasteiger partial charge in [-0.3, -0.25) is 10.1 Å². The van der Waals surface area contributed by atoms with Gasteiger partial charge in [0.25, 0.3) is 5.91 Å². The first-order valence-electron chi connectivity index (χ1n) is 8.64. The predicted molar refractivity (Wildman–Crippen MR) is 109 cm³/mol. The molecule has 0 heterocycles. The van der Waals surface area contributed by atoms with Gasteiger partial charge in [-0.25, -0.2) is 0 Å². The Labute approximate surface area is 164 Å². The lowest BCUT2D eigenvalue weighted by atomic mass is 10.0. The Kier molecular flexibility index (Phi) is 7.67. The lowest BCUT2D eigenvalue weighted by Gasteiger charge is -2.34. The summed E-state index contributed by atoms with van der Waals surface area (Å²) < 4.78 is 5.21. The van der Waals surface area contributed by atoms with Crippen LogP contribution in [0.1, 0.15) is 10.8 Å². The van der Waals surface area contributed by atoms with Gasteiger partial charge in [-0.1, -0.05) is 30.3 Å². The second-order valence-corrected chi connectivity index (χ2v) is 7.62. The second-order valence-electron chi connectivity index (χ2n) is 6.44. The maximum atomic E-state index is 12.3. The highest BCUT2D eigenvalue weighted by atomic mass is 32.2. The molecule has 4 N–H and O–H groups in total. The lowest BCUT2D eigenvalue weighted by molar-refractivity contribution is -0.140. The first-order valence-corrected chi connectivity index (χ1v) is 9.52. The number of primary amides is 1. The zero-order chi connectivity index (χ0) is 19.9. The van der Waals surface area contributed by atoms with E-state index in [1.807, 2.05) is 61.5 Å². The minimum atomic E-state index is -1.91. The van der Waals surface area contributed by atoms with Crippen molar-refractivity contribution in [1.29, 1.82) is 0 Å². The van der Waals surface area contributed by atoms with Crippen LogP contribution in [0, 0.1) is 0 Å². The smallest absolute Gasteiger partial charge is 0.266 e. The molecule has 0 fully saturated rings. The number of nitrogens with one attached hydrogen (secondary N) is 1. The Morgan fingerprint density at radius 1 is 1.22 bits per heavy atom. The number of thioether (sulfide) groups is 1. The molecule has 0 bridgehead atoms. The number of methoxy groups -OCH3 is 1. The van der Waals surface area contributed by atoms with Crippen molar-refractivity contribution < 1.29 is 14.6 Å². The van der Waals surface area contributed by atoms with Gasteiger partial charge in [0.15, 0.2) is 0 Å². The fraction of sp³-hybridized carbons (Fsp3) is 0.350. The topological polar surface area (TPSA) is 87.8 Å². The Hall–Kier alpha value is -2.06. The van der Waals surface area contributed by atoms with Crippen LogP contribution in [0.4, 0.5) is 0 Å². The number of carbonyl (C=O) groups is 1. The number of rotatable bonds is 10. The zero-order valence-corrected chi connectivity index (χ0v) is 16.7. The molecule has 2 rings (SSSR count). The predicted octanol–water partition coefficient (Wildman–Crippen LogP) is 1.85. The van der Waals surface area contributed by atoms with E-state index in [2.05, 4.69) is 5.32 Å². The van der Waals surface area contributed by atoms with Gasteiger partial charge in [-0.15, -0.1) is 11.8 Å². The summed E-state index contributed by atoms with van der Waals surface area (Å²) in [4.78, 5) is 15.2. The number of carbonyl (C=O) groups excluding carboxylic acids is 1. The molecule has 1 amide bonds. The highest BCUT2D eigenvalue weighted by Gasteiger charge is 2.44. The van der Waals surface area contributed by atoms with Crippen LogP contribution < -0.4 is 15.8 Å². The molecular formula is C20H27N3O3S. The third-order valence-corrected chi connectivity index (χ3v) is 5.52. The van der Waals surface area contributed by atoms with Crippen molar-refractivity contribution in [3.8, 4) is 5.75 Å². The van der Waals surface area contributed by atoms with Crippen LogP contribution >= 0.6 is 11.8 Å². The quantitative estimate of drug-likeness (QED) is 0.425. The number of ether oxygens (including phenoxy) is 1. The summed E-state index contributed by atoms with van der Waals surface area (Å²) in [5, 5.41) is 13.6. The summed E-state index contributed by atoms with van der Waals surface area (Å²) in [6.45, 7) is 1.06. The van der Waals surface area contributed by atoms with Crippen LogP contribution in [0.3, 0.4) is 0 Å². The molecule has 0 aromatic heterocycles. The molecule has 0 aliphatic rings. The minimum absolute atomic E-state index is 0.411. The summed E-state index contributed by atoms with van der Waals surface area (Å²) in [5.74, 6) is -0.115. The number of hydrogen-bond acceptors (Lipinski definition) is 6. The standard InChI is InChI=1S/C20H27N3O3S/c1-23(2)14-13-22-20(25,19(21)24)18(27-17-7-5-4-6-8-17)15-9-11-16(26-3)12-10-15/h4-12,18,22,25H,13-14H2,1-3H3,(H2,21,24). The van der Waals surface area contributed by atoms with Crippen molar-refractivity contribution in [2.45, 2.75) is 15.9 Å². The van der Waals surface area contributed by atoms with Crippen molar-refractivity contribution in [1.82, 2.24) is 10.2 Å². The van der Waals surface area contributed by atoms with Crippen molar-refractivity contribution in [2.75, 3.05) is 34.3 Å². The van der Waals surface area contributed by atoms with Crippen LogP contribution in [0.5, 0.6) is 5.75 Å². The molecule has 2 aromatic carbocycles. The van der Waals surface area contributed by atoms with Gasteiger partial charge in [0.2, 0.25) is 5.72 Å². The van der Waals surface area contributed by atoms with Crippen molar-refractivity contribution >= 4 is 17.7 Å². The highest BCUT2D eigenvalue weighted by Crippen LogP contribution is 2.42. The van der Waals surface area contributed by atoms with Crippen molar-refractivity contribution in [3.05, 3.63) is 60.2 Å². The number of nitrogens with two attached hydrogens (primary N) is 1. The van der Waals surface area contributed by atoms with Gasteiger partial charge in [0.1, 0.15) is 5.75 Å². The maximum absolute atomic E-state index is 12.3. The van der Waals surface area contributed by atoms with E-state index in [0.717, 1.165) is 10.5 Å². The van der Waals surface area contributed by atoms with Crippen LogP contribution in [0.15, 0.2) is 59.5 Å². The van der Waals surface area contributed by atoms with E-state index in [1.165, 1.54) is 11.8 Å². The van der Waals surface area contributed by atoms with Crippen LogP contribution in [-0.2, 0) is 4.79 Å². The summed E-state index contributed by atoms with van der Waals surface area (Å²) in [6.07, 6.45) is 0. The van der Waals surface area contributed by atoms with E-state index < -0.39 is 16.9 Å². The van der Waals surface area contributed by atoms with Gasteiger partial charge in [-0.05, 0) is 43.9 Å². The number of benzene rings is 2. The Balaban J connectivity index is 2.38. The molecule has 0 saturated heterocycles. The number of amides is 1. The number of nitrogens with zero attached hydrogens (tertiary/aromatic N) is 1. The van der Waals surface area contributed by atoms with E-state index >= 15 is 0 Å². The van der Waals surface area contributed by atoms with E-state index in [0.29, 0.717) is 18.8 Å². The minimum Gasteiger partial charge on any atom is -0.497 e. The third kappa shape index (κ3) is 5.71. The second kappa shape index (κ2) is 9.75. The summed E-state index contributed by atoms with van der Waals surface area (Å²) in [7, 11) is 5.43. The average molecular weight is 390 g/mol. The van der Waals surface area contributed by atoms with E-state index in [1.54, 1.807) is 19.2 Å². The molecule has 146 valence electrons. The fourth-order valence-corrected chi connectivity index (χ4v) is 3.84. The van der Waals surface area contributed by atoms with E-state index in [4.69, 9.17) is 10.5 Å². The fourth-order valence-electron chi connectivity index (χ4n) is 2.59. The molecule has 6 nitrogen and oxygen atoms in total. The molecular weight excluding hydrogens is 362 g/mol. The highest BCUT2D eigenvalue weighted by molar-refractivity contribution is 7.99. The maximum Gasteiger partial charge on any atom is 0.266 e. The summed E-state index contributed by atoms with van der Waals surface area (Å²) in [5.41, 5.74) is 4.49. The summed E-state index contributed by atoms with van der Waals surface area (Å²) >= 11 is 1.38. The molecule has 2 aromatic rings. The number of aliphatic hydroxyl groups is 1. The van der Waals surface area contributed by atoms with Crippen molar-refractivity contribution in [3.63, 3.8) is 0 Å². The molecule has 2 atom stereocenters. The van der Waals surface area contributed by atoms with Crippen LogP contribution in [0.25, 0.3) is 0 Å². The Morgan fingerprint density at radius 2 is 1.85 bits per heavy atom. The van der Waals surface area contributed by atoms with Gasteiger partial charge in [0.05, 0.1) is 12.4 Å². The SMILES string of the molecule is COc1ccc(C(Sc2ccccc2)C(O)(NCCN(C)C)C(N)=O)cc1. The Morgan fingerprint density at radius 3 is 2.37 bits per heavy atom. The molecule has 2 unspecified atom stereocenters. The molecule has 0 aliphatic carbocycles. The average Bonchev–Trinajstić information content (AvgIpc) is 2.66. The molecule has 27 heavy (non-hydrogen) atoms. The molecule has 0 radical (unpaired) electrons. The summed E-state index contributed by atoms with van der Waals surface area (Å²) in [6, 6.07) is 16.9. The lowest BCUT2D eigenvalue weighted by Crippen LogP contribution is -2.59. The van der Waals surface area contributed by atoms with Gasteiger partial charge in [0, 0.05) is 18.0 Å². The molecule has 7 heteroatoms. The zero-order valence-electron chi connectivity index (χ0n) is 15.9. The first kappa shape index (κ1) is 21.2. The monoisotopic (exact) mass is 389 g/mol. The van der Waals surface area contributed by atoms with Crippen LogP contribution in [0.2, 0.25) is 0 Å². The molecule has 0 spiro atoms. The van der Waals surface area contributed by atoms with Gasteiger partial charge >= 0.3 is 0 Å². The molecule has 0 saturated carbocycles. The Bertz CT molecular complexity index is 725.